The third-order valence-corrected chi connectivity index (χ3v) is 9.51. The van der Waals surface area contributed by atoms with Crippen LogP contribution in [0.3, 0.4) is 0 Å². The van der Waals surface area contributed by atoms with Gasteiger partial charge in [0.15, 0.2) is 12.6 Å². The van der Waals surface area contributed by atoms with Crippen LogP contribution in [-0.2, 0) is 25.5 Å². The minimum absolute atomic E-state index is 0.0410. The second kappa shape index (κ2) is 9.17. The molecule has 2 bridgehead atoms. The van der Waals surface area contributed by atoms with Crippen molar-refractivity contribution in [3.8, 4) is 11.8 Å². The molecule has 1 aromatic carbocycles. The molecular weight excluding hydrogens is 498 g/mol. The Kier molecular flexibility index (Phi) is 6.11. The standard InChI is InChI=1S/C29H35N5O5/c1-12-6-16-7-18-20(9-30)34-19(24(33(18)5)22(16)26(36)13(12)2)8-17-23(21(34)10-32-29(37)15(4)31)28-27(38-11-39-28)14(3)25(17)35/h6,15,18-21,24,28,36H,7-8,10-11,31H2,1-5H3,(H,32,37)/t15?,18-,19?,20-,21-,24-,28?/m0/s1. The molecule has 10 nitrogen and oxygen atoms in total. The molecule has 39 heavy (non-hydrogen) atoms. The molecule has 1 aliphatic carbocycles. The van der Waals surface area contributed by atoms with E-state index in [1.165, 1.54) is 0 Å². The number of likely N-dealkylation sites (N-methyl/N-ethyl adjacent to an activating group) is 1. The zero-order valence-electron chi connectivity index (χ0n) is 22.9. The Morgan fingerprint density at radius 1 is 1.31 bits per heavy atom. The van der Waals surface area contributed by atoms with Gasteiger partial charge in [0, 0.05) is 35.3 Å². The van der Waals surface area contributed by atoms with Gasteiger partial charge in [-0.25, -0.2) is 0 Å². The van der Waals surface area contributed by atoms with Gasteiger partial charge in [0.1, 0.15) is 23.7 Å². The SMILES string of the molecule is CC1=C2OCOC2C2=C(CC3[C@H]4c5c(cc(C)c(C)c5O)C[C@@H]([C@H](C#N)N3[C@H]2CNC(=O)C(C)N)N4C)C1=O. The van der Waals surface area contributed by atoms with Crippen molar-refractivity contribution < 1.29 is 24.2 Å². The number of nitriles is 1. The molecule has 2 saturated heterocycles. The first-order valence-electron chi connectivity index (χ1n) is 13.5. The molecule has 206 valence electrons. The fourth-order valence-electron chi connectivity index (χ4n) is 7.44. The number of hydrogen-bond acceptors (Lipinski definition) is 9. The number of piperazine rings is 1. The monoisotopic (exact) mass is 533 g/mol. The topological polar surface area (TPSA) is 141 Å². The van der Waals surface area contributed by atoms with E-state index < -0.39 is 24.2 Å². The highest BCUT2D eigenvalue weighted by molar-refractivity contribution is 6.10. The quantitative estimate of drug-likeness (QED) is 0.523. The van der Waals surface area contributed by atoms with Crippen molar-refractivity contribution in [3.63, 3.8) is 0 Å². The number of carbonyl (C=O) groups excluding carboxylic acids is 2. The number of aryl methyl sites for hydroxylation is 1. The summed E-state index contributed by atoms with van der Waals surface area (Å²) in [6.07, 6.45) is 0.456. The number of rotatable bonds is 3. The van der Waals surface area contributed by atoms with Gasteiger partial charge in [0.25, 0.3) is 0 Å². The molecule has 0 radical (unpaired) electrons. The number of nitrogens with zero attached hydrogens (tertiary/aromatic N) is 3. The number of ketones is 1. The van der Waals surface area contributed by atoms with Gasteiger partial charge in [-0.15, -0.1) is 0 Å². The van der Waals surface area contributed by atoms with Crippen LogP contribution in [0.2, 0.25) is 0 Å². The van der Waals surface area contributed by atoms with Crippen LogP contribution in [0, 0.1) is 25.2 Å². The van der Waals surface area contributed by atoms with Crippen molar-refractivity contribution in [1.29, 1.82) is 5.26 Å². The maximum absolute atomic E-state index is 13.8. The van der Waals surface area contributed by atoms with E-state index in [0.29, 0.717) is 29.7 Å². The van der Waals surface area contributed by atoms with Gasteiger partial charge in [-0.05, 0) is 69.8 Å². The Morgan fingerprint density at radius 2 is 2.05 bits per heavy atom. The summed E-state index contributed by atoms with van der Waals surface area (Å²) in [6, 6.07) is 2.30. The average Bonchev–Trinajstić information content (AvgIpc) is 3.39. The van der Waals surface area contributed by atoms with Crippen LogP contribution in [0.5, 0.6) is 5.75 Å². The summed E-state index contributed by atoms with van der Waals surface area (Å²) >= 11 is 0. The number of carbonyl (C=O) groups is 2. The normalized spacial score (nSPS) is 32.5. The minimum Gasteiger partial charge on any atom is -0.507 e. The smallest absolute Gasteiger partial charge is 0.236 e. The number of Topliss-reactive ketones (excluding diaryl/α,β-unsaturated/α-hetero) is 1. The van der Waals surface area contributed by atoms with Crippen LogP contribution in [-0.4, -0.2) is 83.3 Å². The van der Waals surface area contributed by atoms with Crippen LogP contribution in [0.1, 0.15) is 48.6 Å². The number of ether oxygens (including phenoxy) is 2. The van der Waals surface area contributed by atoms with E-state index in [1.54, 1.807) is 13.8 Å². The summed E-state index contributed by atoms with van der Waals surface area (Å²) in [7, 11) is 2.01. The van der Waals surface area contributed by atoms with E-state index >= 15 is 0 Å². The second-order valence-electron chi connectivity index (χ2n) is 11.5. The Bertz CT molecular complexity index is 1390. The highest BCUT2D eigenvalue weighted by Crippen LogP contribution is 2.53. The lowest BCUT2D eigenvalue weighted by Gasteiger charge is -2.60. The fraction of sp³-hybridized carbons (Fsp3) is 0.552. The van der Waals surface area contributed by atoms with Gasteiger partial charge >= 0.3 is 0 Å². The zero-order valence-corrected chi connectivity index (χ0v) is 22.9. The summed E-state index contributed by atoms with van der Waals surface area (Å²) in [5, 5.41) is 25.0. The van der Waals surface area contributed by atoms with Crippen LogP contribution < -0.4 is 11.1 Å². The number of phenolic OH excluding ortho intramolecular Hbond substituents is 1. The number of benzene rings is 1. The lowest BCUT2D eigenvalue weighted by atomic mass is 9.69. The minimum atomic E-state index is -0.705. The molecule has 2 fully saturated rings. The summed E-state index contributed by atoms with van der Waals surface area (Å²) < 4.78 is 11.7. The van der Waals surface area contributed by atoms with E-state index in [0.717, 1.165) is 27.8 Å². The third-order valence-electron chi connectivity index (χ3n) is 9.51. The van der Waals surface area contributed by atoms with Gasteiger partial charge in [0.05, 0.1) is 24.2 Å². The van der Waals surface area contributed by atoms with Crippen molar-refractivity contribution >= 4 is 11.7 Å². The van der Waals surface area contributed by atoms with Gasteiger partial charge in [0.2, 0.25) is 5.91 Å². The van der Waals surface area contributed by atoms with E-state index in [4.69, 9.17) is 15.2 Å². The van der Waals surface area contributed by atoms with Crippen molar-refractivity contribution in [2.45, 2.75) is 82.9 Å². The predicted molar refractivity (Wildman–Crippen MR) is 141 cm³/mol. The van der Waals surface area contributed by atoms with E-state index in [1.807, 2.05) is 20.9 Å². The Morgan fingerprint density at radius 3 is 2.74 bits per heavy atom. The number of aromatic hydroxyl groups is 1. The molecule has 1 amide bonds. The lowest BCUT2D eigenvalue weighted by molar-refractivity contribution is -0.122. The number of amides is 1. The molecule has 5 aliphatic rings. The van der Waals surface area contributed by atoms with Crippen molar-refractivity contribution in [2.75, 3.05) is 20.4 Å². The fourth-order valence-corrected chi connectivity index (χ4v) is 7.44. The van der Waals surface area contributed by atoms with E-state index in [-0.39, 0.29) is 48.9 Å². The molecule has 0 aromatic heterocycles. The van der Waals surface area contributed by atoms with Crippen LogP contribution in [0.25, 0.3) is 0 Å². The van der Waals surface area contributed by atoms with Gasteiger partial charge in [-0.2, -0.15) is 5.26 Å². The van der Waals surface area contributed by atoms with E-state index in [2.05, 4.69) is 27.3 Å². The number of phenols is 1. The van der Waals surface area contributed by atoms with Crippen LogP contribution in [0.4, 0.5) is 0 Å². The van der Waals surface area contributed by atoms with Crippen molar-refractivity contribution in [3.05, 3.63) is 50.8 Å². The highest BCUT2D eigenvalue weighted by atomic mass is 16.7. The van der Waals surface area contributed by atoms with Crippen LogP contribution in [0.15, 0.2) is 28.5 Å². The summed E-state index contributed by atoms with van der Waals surface area (Å²) in [5.41, 5.74) is 11.5. The van der Waals surface area contributed by atoms with Gasteiger partial charge in [-0.1, -0.05) is 6.07 Å². The third kappa shape index (κ3) is 3.61. The van der Waals surface area contributed by atoms with Crippen molar-refractivity contribution in [2.24, 2.45) is 5.73 Å². The first kappa shape index (κ1) is 26.0. The number of fused-ring (bicyclic) bond motifs is 8. The molecule has 10 heteroatoms. The number of nitrogens with one attached hydrogen (secondary N) is 1. The van der Waals surface area contributed by atoms with Gasteiger partial charge < -0.3 is 25.6 Å². The molecule has 0 spiro atoms. The number of nitrogens with two attached hydrogens (primary N) is 1. The Labute approximate surface area is 228 Å². The average molecular weight is 534 g/mol. The lowest BCUT2D eigenvalue weighted by Crippen LogP contribution is -2.71. The second-order valence-corrected chi connectivity index (χ2v) is 11.5. The van der Waals surface area contributed by atoms with Crippen molar-refractivity contribution in [1.82, 2.24) is 15.1 Å². The van der Waals surface area contributed by atoms with Crippen LogP contribution >= 0.6 is 0 Å². The predicted octanol–water partition coefficient (Wildman–Crippen LogP) is 1.24. The maximum atomic E-state index is 13.8. The van der Waals surface area contributed by atoms with E-state index in [9.17, 15) is 20.0 Å². The molecule has 4 heterocycles. The molecule has 7 atom stereocenters. The molecule has 0 saturated carbocycles. The van der Waals surface area contributed by atoms with Gasteiger partial charge in [-0.3, -0.25) is 19.4 Å². The number of allylic oxidation sites excluding steroid dienone is 1. The Balaban J connectivity index is 1.54. The Hall–Kier alpha value is -3.23. The summed E-state index contributed by atoms with van der Waals surface area (Å²) in [6.45, 7) is 7.50. The highest BCUT2D eigenvalue weighted by Gasteiger charge is 2.58. The first-order chi connectivity index (χ1) is 18.6. The molecule has 3 unspecified atom stereocenters. The molecule has 4 aliphatic heterocycles. The molecular formula is C29H35N5O5. The largest absolute Gasteiger partial charge is 0.507 e. The summed E-state index contributed by atoms with van der Waals surface area (Å²) in [4.78, 5) is 30.8. The maximum Gasteiger partial charge on any atom is 0.236 e. The summed E-state index contributed by atoms with van der Waals surface area (Å²) in [5.74, 6) is 0.383. The molecule has 1 aromatic rings. The first-order valence-corrected chi connectivity index (χ1v) is 13.5. The molecule has 4 N–H and O–H groups in total. The number of hydrogen-bond donors (Lipinski definition) is 3. The molecule has 6 rings (SSSR count). The zero-order chi connectivity index (χ0) is 27.9.